The van der Waals surface area contributed by atoms with E-state index in [9.17, 15) is 24.0 Å². The zero-order chi connectivity index (χ0) is 26.1. The van der Waals surface area contributed by atoms with Crippen molar-refractivity contribution < 1.29 is 23.5 Å². The molecule has 8 nitrogen and oxygen atoms in total. The molecule has 0 radical (unpaired) electrons. The summed E-state index contributed by atoms with van der Waals surface area (Å²) in [6.07, 6.45) is 1.04. The van der Waals surface area contributed by atoms with Gasteiger partial charge in [0.1, 0.15) is 16.5 Å². The standard InChI is InChI=1S/C26H21FN4O4S/c1-13-4-9-18(14(2)10-13)30-24(33)22-21(15-5-7-16(27)8-6-15)17(12-28)23(29)31-20(32)11-19(26(34)35-3)36-25(22)31/h4-11,21H,29H2,1-3H3,(H,30,33)/t21-/m1/s1. The molecule has 36 heavy (non-hydrogen) atoms. The number of ether oxygens (including phenoxy) is 1. The van der Waals surface area contributed by atoms with Gasteiger partial charge in [0.25, 0.3) is 11.8 Å². The maximum atomic E-state index is 13.8. The van der Waals surface area contributed by atoms with Gasteiger partial charge in [-0.3, -0.25) is 14.5 Å². The van der Waals surface area contributed by atoms with Gasteiger partial charge >= 0.3 is 5.97 Å². The Kier molecular flexibility index (Phi) is 6.68. The minimum absolute atomic E-state index is 0.0141. The Morgan fingerprint density at radius 3 is 2.50 bits per heavy atom. The van der Waals surface area contributed by atoms with Gasteiger partial charge in [-0.1, -0.05) is 41.6 Å². The number of allylic oxidation sites excluding steroid dienone is 1. The Balaban J connectivity index is 1.94. The van der Waals surface area contributed by atoms with Crippen molar-refractivity contribution in [1.29, 1.82) is 5.26 Å². The van der Waals surface area contributed by atoms with Gasteiger partial charge in [0.15, 0.2) is 0 Å². The molecule has 0 bridgehead atoms. The smallest absolute Gasteiger partial charge is 0.344 e. The Morgan fingerprint density at radius 1 is 1.19 bits per heavy atom. The third-order valence-corrected chi connectivity index (χ3v) is 6.89. The van der Waals surface area contributed by atoms with Crippen LogP contribution in [0.25, 0.3) is 0 Å². The van der Waals surface area contributed by atoms with Crippen molar-refractivity contribution in [3.05, 3.63) is 97.9 Å². The van der Waals surface area contributed by atoms with Crippen molar-refractivity contribution in [2.24, 2.45) is 5.73 Å². The van der Waals surface area contributed by atoms with Crippen LogP contribution in [-0.2, 0) is 19.1 Å². The Morgan fingerprint density at radius 2 is 1.89 bits per heavy atom. The van der Waals surface area contributed by atoms with E-state index in [1.807, 2.05) is 32.0 Å². The molecule has 2 heterocycles. The molecule has 0 aliphatic carbocycles. The molecule has 0 saturated heterocycles. The van der Waals surface area contributed by atoms with Crippen LogP contribution in [-0.4, -0.2) is 29.8 Å². The molecule has 0 saturated carbocycles. The zero-order valence-corrected chi connectivity index (χ0v) is 20.4. The van der Waals surface area contributed by atoms with Gasteiger partial charge in [0.05, 0.1) is 35.3 Å². The van der Waals surface area contributed by atoms with Gasteiger partial charge in [-0.05, 0) is 43.2 Å². The van der Waals surface area contributed by atoms with E-state index >= 15 is 0 Å². The predicted molar refractivity (Wildman–Crippen MR) is 132 cm³/mol. The molecule has 182 valence electrons. The number of carbonyl (C=O) groups excluding carboxylic acids is 3. The molecule has 10 heteroatoms. The number of amides is 2. The number of halogens is 1. The third-order valence-electron chi connectivity index (χ3n) is 5.79. The number of methoxy groups -OCH3 is 1. The number of hydrogen-bond acceptors (Lipinski definition) is 7. The molecule has 2 aromatic carbocycles. The van der Waals surface area contributed by atoms with Gasteiger partial charge in [0.2, 0.25) is 0 Å². The van der Waals surface area contributed by atoms with Gasteiger partial charge in [-0.25, -0.2) is 9.18 Å². The molecule has 0 unspecified atom stereocenters. The summed E-state index contributed by atoms with van der Waals surface area (Å²) in [6.45, 7) is 3.76. The lowest BCUT2D eigenvalue weighted by Gasteiger charge is -2.37. The highest BCUT2D eigenvalue weighted by atomic mass is 32.2. The van der Waals surface area contributed by atoms with E-state index < -0.39 is 29.5 Å². The number of hydrogen-bond donors (Lipinski definition) is 2. The zero-order valence-electron chi connectivity index (χ0n) is 19.6. The summed E-state index contributed by atoms with van der Waals surface area (Å²) < 4.78 is 18.5. The number of rotatable bonds is 4. The Hall–Kier alpha value is -4.36. The summed E-state index contributed by atoms with van der Waals surface area (Å²) in [4.78, 5) is 40.1. The lowest BCUT2D eigenvalue weighted by molar-refractivity contribution is -0.135. The number of thioether (sulfide) groups is 1. The molecule has 0 aromatic heterocycles. The average Bonchev–Trinajstić information content (AvgIpc) is 2.85. The summed E-state index contributed by atoms with van der Waals surface area (Å²) >= 11 is 0.836. The average molecular weight is 505 g/mol. The van der Waals surface area contributed by atoms with Crippen molar-refractivity contribution in [2.45, 2.75) is 19.8 Å². The van der Waals surface area contributed by atoms with Crippen LogP contribution in [0.4, 0.5) is 10.1 Å². The van der Waals surface area contributed by atoms with Gasteiger partial charge < -0.3 is 15.8 Å². The van der Waals surface area contributed by atoms with Crippen LogP contribution in [0.2, 0.25) is 0 Å². The van der Waals surface area contributed by atoms with Crippen molar-refractivity contribution in [3.63, 3.8) is 0 Å². The number of anilines is 1. The summed E-state index contributed by atoms with van der Waals surface area (Å²) in [5.41, 5.74) is 8.97. The summed E-state index contributed by atoms with van der Waals surface area (Å²) in [5, 5.41) is 12.9. The molecule has 2 aliphatic heterocycles. The largest absolute Gasteiger partial charge is 0.465 e. The fourth-order valence-electron chi connectivity index (χ4n) is 4.08. The maximum Gasteiger partial charge on any atom is 0.344 e. The fraction of sp³-hybridized carbons (Fsp3) is 0.154. The normalized spacial score (nSPS) is 17.3. The molecule has 2 amide bonds. The molecule has 0 spiro atoms. The van der Waals surface area contributed by atoms with Crippen LogP contribution < -0.4 is 11.1 Å². The SMILES string of the molecule is COC(=O)C1=CC(=O)N2C(N)=C(C#N)[C@@H](c3ccc(F)cc3)C(C(=O)Nc3ccc(C)cc3C)=C2S1. The monoisotopic (exact) mass is 504 g/mol. The summed E-state index contributed by atoms with van der Waals surface area (Å²) in [5.74, 6) is -3.78. The van der Waals surface area contributed by atoms with Crippen LogP contribution in [0, 0.1) is 31.0 Å². The highest BCUT2D eigenvalue weighted by Crippen LogP contribution is 2.48. The first-order chi connectivity index (χ1) is 17.2. The number of aryl methyl sites for hydroxylation is 2. The Labute approximate surface area is 210 Å². The van der Waals surface area contributed by atoms with E-state index in [1.165, 1.54) is 31.4 Å². The first-order valence-corrected chi connectivity index (χ1v) is 11.6. The lowest BCUT2D eigenvalue weighted by Crippen LogP contribution is -2.42. The van der Waals surface area contributed by atoms with E-state index in [0.29, 0.717) is 11.3 Å². The van der Waals surface area contributed by atoms with E-state index in [4.69, 9.17) is 10.5 Å². The first-order valence-electron chi connectivity index (χ1n) is 10.8. The van der Waals surface area contributed by atoms with Crippen LogP contribution in [0.1, 0.15) is 22.6 Å². The molecular weight excluding hydrogens is 483 g/mol. The molecule has 1 atom stereocenters. The number of benzene rings is 2. The second-order valence-electron chi connectivity index (χ2n) is 8.16. The number of carbonyl (C=O) groups is 3. The summed E-state index contributed by atoms with van der Waals surface area (Å²) in [7, 11) is 1.17. The minimum atomic E-state index is -1.02. The van der Waals surface area contributed by atoms with E-state index in [-0.39, 0.29) is 26.9 Å². The fourth-order valence-corrected chi connectivity index (χ4v) is 5.21. The molecule has 3 N–H and O–H groups in total. The summed E-state index contributed by atoms with van der Waals surface area (Å²) in [6, 6.07) is 12.8. The van der Waals surface area contributed by atoms with E-state index in [1.54, 1.807) is 6.07 Å². The highest BCUT2D eigenvalue weighted by molar-refractivity contribution is 8.07. The van der Waals surface area contributed by atoms with E-state index in [0.717, 1.165) is 33.9 Å². The van der Waals surface area contributed by atoms with Crippen LogP contribution in [0.3, 0.4) is 0 Å². The predicted octanol–water partition coefficient (Wildman–Crippen LogP) is 3.72. The second kappa shape index (κ2) is 9.71. The van der Waals surface area contributed by atoms with Gasteiger partial charge in [-0.2, -0.15) is 5.26 Å². The van der Waals surface area contributed by atoms with Crippen LogP contribution in [0.15, 0.2) is 75.4 Å². The molecule has 4 rings (SSSR count). The van der Waals surface area contributed by atoms with Crippen molar-refractivity contribution in [3.8, 4) is 6.07 Å². The Bertz CT molecular complexity index is 1440. The molecular formula is C26H21FN4O4S. The number of nitrogens with two attached hydrogens (primary N) is 1. The minimum Gasteiger partial charge on any atom is -0.465 e. The van der Waals surface area contributed by atoms with Crippen molar-refractivity contribution >= 4 is 35.2 Å². The van der Waals surface area contributed by atoms with Gasteiger partial charge in [-0.15, -0.1) is 0 Å². The van der Waals surface area contributed by atoms with E-state index in [2.05, 4.69) is 5.32 Å². The highest BCUT2D eigenvalue weighted by Gasteiger charge is 2.43. The number of nitrogens with zero attached hydrogens (tertiary/aromatic N) is 2. The quantitative estimate of drug-likeness (QED) is 0.608. The topological polar surface area (TPSA) is 126 Å². The van der Waals surface area contributed by atoms with Crippen LogP contribution >= 0.6 is 11.8 Å². The first kappa shape index (κ1) is 24.8. The molecule has 2 aromatic rings. The number of esters is 1. The third kappa shape index (κ3) is 4.36. The number of nitrogens with one attached hydrogen (secondary N) is 1. The van der Waals surface area contributed by atoms with Crippen molar-refractivity contribution in [1.82, 2.24) is 4.90 Å². The second-order valence-corrected chi connectivity index (χ2v) is 9.19. The number of fused-ring (bicyclic) bond motifs is 1. The van der Waals surface area contributed by atoms with Crippen LogP contribution in [0.5, 0.6) is 0 Å². The molecule has 0 fully saturated rings. The lowest BCUT2D eigenvalue weighted by atomic mass is 9.82. The number of nitriles is 1. The molecule has 2 aliphatic rings. The van der Waals surface area contributed by atoms with Crippen molar-refractivity contribution in [2.75, 3.05) is 12.4 Å². The van der Waals surface area contributed by atoms with Gasteiger partial charge in [0, 0.05) is 11.8 Å². The maximum absolute atomic E-state index is 13.8.